The topological polar surface area (TPSA) is 6.48 Å². The average Bonchev–Trinajstić information content (AvgIpc) is 2.67. The highest BCUT2D eigenvalue weighted by Gasteiger charge is 2.27. The smallest absolute Gasteiger partial charge is 0.0368 e. The molecule has 1 aromatic carbocycles. The fourth-order valence-electron chi connectivity index (χ4n) is 3.95. The summed E-state index contributed by atoms with van der Waals surface area (Å²) in [4.78, 5) is 5.30. The first-order chi connectivity index (χ1) is 11.8. The van der Waals surface area contributed by atoms with Crippen LogP contribution in [0.25, 0.3) is 0 Å². The van der Waals surface area contributed by atoms with Crippen LogP contribution in [0.1, 0.15) is 66.7 Å². The van der Waals surface area contributed by atoms with Gasteiger partial charge >= 0.3 is 0 Å². The molecule has 0 amide bonds. The standard InChI is InChI=1S/C18H28N2.2C2H6/c1-16-14-17(15-19-11-6-3-7-12-19)10-13-20(16)18-8-4-2-5-9-18;2*1-2/h2,4-5,8-9,16-17H,3,6-7,10-15H2,1H3;2*1-2H3. The molecule has 2 unspecified atom stereocenters. The molecule has 0 saturated carbocycles. The largest absolute Gasteiger partial charge is 0.369 e. The Labute approximate surface area is 151 Å². The molecular formula is C22H40N2. The minimum absolute atomic E-state index is 0.681. The SMILES string of the molecule is CC.CC.CC1CC(CN2CCCCC2)CCN1c1ccccc1. The molecule has 2 heteroatoms. The van der Waals surface area contributed by atoms with Gasteiger partial charge in [-0.3, -0.25) is 0 Å². The van der Waals surface area contributed by atoms with E-state index in [2.05, 4.69) is 47.1 Å². The molecule has 2 aliphatic heterocycles. The van der Waals surface area contributed by atoms with Gasteiger partial charge < -0.3 is 9.80 Å². The molecule has 0 bridgehead atoms. The fraction of sp³-hybridized carbons (Fsp3) is 0.727. The summed E-state index contributed by atoms with van der Waals surface area (Å²) >= 11 is 0. The second-order valence-electron chi connectivity index (χ2n) is 6.63. The Kier molecular flexibility index (Phi) is 10.8. The van der Waals surface area contributed by atoms with Gasteiger partial charge in [0, 0.05) is 24.8 Å². The first kappa shape index (κ1) is 21.0. The van der Waals surface area contributed by atoms with Gasteiger partial charge in [0.2, 0.25) is 0 Å². The zero-order valence-corrected chi connectivity index (χ0v) is 16.8. The quantitative estimate of drug-likeness (QED) is 0.687. The third-order valence-electron chi connectivity index (χ3n) is 5.04. The van der Waals surface area contributed by atoms with E-state index in [9.17, 15) is 0 Å². The first-order valence-corrected chi connectivity index (χ1v) is 10.4. The molecule has 2 nitrogen and oxygen atoms in total. The summed E-state index contributed by atoms with van der Waals surface area (Å²) in [5, 5.41) is 0. The summed E-state index contributed by atoms with van der Waals surface area (Å²) in [6.45, 7) is 15.6. The maximum absolute atomic E-state index is 2.71. The molecule has 0 aromatic heterocycles. The second kappa shape index (κ2) is 12.4. The number of likely N-dealkylation sites (tertiary alicyclic amines) is 1. The number of benzene rings is 1. The molecule has 1 aromatic rings. The lowest BCUT2D eigenvalue weighted by Crippen LogP contribution is -2.44. The van der Waals surface area contributed by atoms with Crippen LogP contribution in [-0.2, 0) is 0 Å². The molecule has 2 saturated heterocycles. The van der Waals surface area contributed by atoms with E-state index in [1.165, 1.54) is 64.0 Å². The van der Waals surface area contributed by atoms with Crippen molar-refractivity contribution in [2.24, 2.45) is 5.92 Å². The highest BCUT2D eigenvalue weighted by molar-refractivity contribution is 5.47. The Morgan fingerprint density at radius 1 is 0.875 bits per heavy atom. The lowest BCUT2D eigenvalue weighted by Gasteiger charge is -2.41. The molecule has 0 radical (unpaired) electrons. The van der Waals surface area contributed by atoms with E-state index in [1.807, 2.05) is 27.7 Å². The van der Waals surface area contributed by atoms with Crippen LogP contribution in [0.5, 0.6) is 0 Å². The number of rotatable bonds is 3. The highest BCUT2D eigenvalue weighted by Crippen LogP contribution is 2.28. The summed E-state index contributed by atoms with van der Waals surface area (Å²) in [5.74, 6) is 0.906. The van der Waals surface area contributed by atoms with Gasteiger partial charge in [0.05, 0.1) is 0 Å². The highest BCUT2D eigenvalue weighted by atomic mass is 15.2. The van der Waals surface area contributed by atoms with Crippen molar-refractivity contribution in [2.75, 3.05) is 31.1 Å². The van der Waals surface area contributed by atoms with Crippen LogP contribution >= 0.6 is 0 Å². The number of hydrogen-bond donors (Lipinski definition) is 0. The van der Waals surface area contributed by atoms with Crippen molar-refractivity contribution < 1.29 is 0 Å². The van der Waals surface area contributed by atoms with Crippen LogP contribution in [0.15, 0.2) is 30.3 Å². The molecule has 0 spiro atoms. The Bertz CT molecular complexity index is 398. The fourth-order valence-corrected chi connectivity index (χ4v) is 3.95. The second-order valence-corrected chi connectivity index (χ2v) is 6.63. The van der Waals surface area contributed by atoms with Crippen LogP contribution in [0.2, 0.25) is 0 Å². The Balaban J connectivity index is 0.000000671. The van der Waals surface area contributed by atoms with Crippen molar-refractivity contribution in [1.82, 2.24) is 4.90 Å². The molecule has 138 valence electrons. The van der Waals surface area contributed by atoms with Gasteiger partial charge in [-0.15, -0.1) is 0 Å². The lowest BCUT2D eigenvalue weighted by molar-refractivity contribution is 0.174. The van der Waals surface area contributed by atoms with Crippen LogP contribution in [0, 0.1) is 5.92 Å². The van der Waals surface area contributed by atoms with E-state index >= 15 is 0 Å². The minimum Gasteiger partial charge on any atom is -0.369 e. The number of nitrogens with zero attached hydrogens (tertiary/aromatic N) is 2. The van der Waals surface area contributed by atoms with Gasteiger partial charge in [-0.05, 0) is 63.7 Å². The molecule has 2 heterocycles. The molecule has 24 heavy (non-hydrogen) atoms. The Hall–Kier alpha value is -1.02. The lowest BCUT2D eigenvalue weighted by atomic mass is 9.90. The van der Waals surface area contributed by atoms with Gasteiger partial charge in [-0.2, -0.15) is 0 Å². The number of hydrogen-bond acceptors (Lipinski definition) is 2. The predicted molar refractivity (Wildman–Crippen MR) is 109 cm³/mol. The first-order valence-electron chi connectivity index (χ1n) is 10.4. The van der Waals surface area contributed by atoms with Crippen molar-refractivity contribution in [3.63, 3.8) is 0 Å². The Morgan fingerprint density at radius 3 is 2.08 bits per heavy atom. The minimum atomic E-state index is 0.681. The summed E-state index contributed by atoms with van der Waals surface area (Å²) in [7, 11) is 0. The zero-order valence-electron chi connectivity index (χ0n) is 16.8. The maximum atomic E-state index is 2.71. The number of anilines is 1. The van der Waals surface area contributed by atoms with Crippen molar-refractivity contribution >= 4 is 5.69 Å². The Morgan fingerprint density at radius 2 is 1.50 bits per heavy atom. The van der Waals surface area contributed by atoms with Gasteiger partial charge in [0.1, 0.15) is 0 Å². The molecule has 2 atom stereocenters. The third kappa shape index (κ3) is 6.47. The van der Waals surface area contributed by atoms with Gasteiger partial charge in [0.25, 0.3) is 0 Å². The van der Waals surface area contributed by atoms with E-state index in [4.69, 9.17) is 0 Å². The maximum Gasteiger partial charge on any atom is 0.0368 e. The van der Waals surface area contributed by atoms with Crippen molar-refractivity contribution in [1.29, 1.82) is 0 Å². The molecule has 0 aliphatic carbocycles. The van der Waals surface area contributed by atoms with Crippen LogP contribution < -0.4 is 4.90 Å². The third-order valence-corrected chi connectivity index (χ3v) is 5.04. The summed E-state index contributed by atoms with van der Waals surface area (Å²) in [6, 6.07) is 11.6. The van der Waals surface area contributed by atoms with Crippen LogP contribution in [0.4, 0.5) is 5.69 Å². The van der Waals surface area contributed by atoms with E-state index in [1.54, 1.807) is 0 Å². The molecule has 0 N–H and O–H groups in total. The zero-order chi connectivity index (χ0) is 17.8. The molecule has 3 rings (SSSR count). The van der Waals surface area contributed by atoms with Crippen molar-refractivity contribution in [3.05, 3.63) is 30.3 Å². The molecular weight excluding hydrogens is 292 g/mol. The van der Waals surface area contributed by atoms with Gasteiger partial charge in [0.15, 0.2) is 0 Å². The van der Waals surface area contributed by atoms with Crippen molar-refractivity contribution in [3.8, 4) is 0 Å². The van der Waals surface area contributed by atoms with Crippen molar-refractivity contribution in [2.45, 2.75) is 72.8 Å². The van der Waals surface area contributed by atoms with E-state index < -0.39 is 0 Å². The summed E-state index contributed by atoms with van der Waals surface area (Å²) in [6.07, 6.45) is 6.98. The van der Waals surface area contributed by atoms with Crippen LogP contribution in [0.3, 0.4) is 0 Å². The molecule has 2 aliphatic rings. The average molecular weight is 333 g/mol. The van der Waals surface area contributed by atoms with Gasteiger partial charge in [-0.1, -0.05) is 52.3 Å². The van der Waals surface area contributed by atoms with Crippen LogP contribution in [-0.4, -0.2) is 37.1 Å². The predicted octanol–water partition coefficient (Wildman–Crippen LogP) is 5.83. The monoisotopic (exact) mass is 332 g/mol. The number of piperidine rings is 2. The van der Waals surface area contributed by atoms with E-state index in [0.29, 0.717) is 6.04 Å². The van der Waals surface area contributed by atoms with E-state index in [-0.39, 0.29) is 0 Å². The summed E-state index contributed by atoms with van der Waals surface area (Å²) in [5.41, 5.74) is 1.40. The normalized spacial score (nSPS) is 24.3. The molecule has 2 fully saturated rings. The van der Waals surface area contributed by atoms with E-state index in [0.717, 1.165) is 5.92 Å². The number of para-hydroxylation sites is 1. The van der Waals surface area contributed by atoms with Gasteiger partial charge in [-0.25, -0.2) is 0 Å². The summed E-state index contributed by atoms with van der Waals surface area (Å²) < 4.78 is 0.